The summed E-state index contributed by atoms with van der Waals surface area (Å²) in [7, 11) is 1.68. The van der Waals surface area contributed by atoms with Crippen LogP contribution in [0.4, 0.5) is 0 Å². The molecule has 0 saturated carbocycles. The summed E-state index contributed by atoms with van der Waals surface area (Å²) in [4.78, 5) is 5.26. The molecule has 0 bridgehead atoms. The predicted molar refractivity (Wildman–Crippen MR) is 41.3 cm³/mol. The van der Waals surface area contributed by atoms with Crippen LogP contribution in [0, 0.1) is 0 Å². The minimum absolute atomic E-state index is 0.507. The molecule has 1 aliphatic rings. The van der Waals surface area contributed by atoms with Gasteiger partial charge >= 0.3 is 0 Å². The summed E-state index contributed by atoms with van der Waals surface area (Å²) in [5, 5.41) is -1.21. The van der Waals surface area contributed by atoms with E-state index in [9.17, 15) is 0 Å². The highest BCUT2D eigenvalue weighted by atomic mass is 35.5. The second-order valence-corrected chi connectivity index (χ2v) is 2.62. The van der Waals surface area contributed by atoms with Gasteiger partial charge in [-0.2, -0.15) is 0 Å². The minimum Gasteiger partial charge on any atom is -0.385 e. The monoisotopic (exact) mass is 160 g/mol. The van der Waals surface area contributed by atoms with E-state index < -0.39 is 5.25 Å². The molecule has 56 valence electrons. The number of nitrogens with two attached hydrogens (primary N) is 2. The first-order valence-electron chi connectivity index (χ1n) is 2.76. The van der Waals surface area contributed by atoms with Gasteiger partial charge in [0.25, 0.3) is 5.25 Å². The second kappa shape index (κ2) is 2.14. The van der Waals surface area contributed by atoms with Crippen molar-refractivity contribution in [3.63, 3.8) is 0 Å². The zero-order valence-corrected chi connectivity index (χ0v) is 6.34. The fourth-order valence-electron chi connectivity index (χ4n) is 0.598. The lowest BCUT2D eigenvalue weighted by Gasteiger charge is -2.32. The normalized spacial score (nSPS) is 32.3. The number of hydrogen-bond donors (Lipinski definition) is 2. The molecule has 4 nitrogen and oxygen atoms in total. The summed E-state index contributed by atoms with van der Waals surface area (Å²) in [6, 6.07) is 0. The van der Waals surface area contributed by atoms with Crippen molar-refractivity contribution in [2.75, 3.05) is 7.05 Å². The van der Waals surface area contributed by atoms with E-state index in [1.54, 1.807) is 13.1 Å². The Hall–Kier alpha value is -0.740. The van der Waals surface area contributed by atoms with Crippen LogP contribution in [0.3, 0.4) is 0 Å². The molecule has 1 unspecified atom stereocenters. The van der Waals surface area contributed by atoms with Crippen LogP contribution >= 0.6 is 11.6 Å². The molecule has 1 atom stereocenters. The van der Waals surface area contributed by atoms with Gasteiger partial charge in [-0.1, -0.05) is 11.6 Å². The Labute approximate surface area is 64.1 Å². The highest BCUT2D eigenvalue weighted by molar-refractivity contribution is 6.23. The second-order valence-electron chi connectivity index (χ2n) is 2.07. The van der Waals surface area contributed by atoms with Crippen LogP contribution in [0.25, 0.3) is 0 Å². The molecule has 0 aromatic carbocycles. The topological polar surface area (TPSA) is 67.6 Å². The fourth-order valence-corrected chi connectivity index (χ4v) is 0.752. The quantitative estimate of drug-likeness (QED) is 0.375. The van der Waals surface area contributed by atoms with E-state index in [1.807, 2.05) is 0 Å². The Kier molecular flexibility index (Phi) is 1.58. The van der Waals surface area contributed by atoms with Gasteiger partial charge in [-0.25, -0.2) is 4.99 Å². The molecule has 0 aliphatic carbocycles. The van der Waals surface area contributed by atoms with Crippen LogP contribution in [-0.2, 0) is 0 Å². The van der Waals surface area contributed by atoms with Gasteiger partial charge in [0, 0.05) is 13.3 Å². The molecule has 0 aromatic heterocycles. The van der Waals surface area contributed by atoms with Crippen LogP contribution in [0.2, 0.25) is 0 Å². The summed E-state index contributed by atoms with van der Waals surface area (Å²) in [5.41, 5.74) is 11.0. The van der Waals surface area contributed by atoms with E-state index in [4.69, 9.17) is 23.1 Å². The lowest BCUT2D eigenvalue weighted by atomic mass is 10.4. The van der Waals surface area contributed by atoms with Crippen LogP contribution < -0.4 is 11.5 Å². The average Bonchev–Trinajstić information content (AvgIpc) is 1.83. The van der Waals surface area contributed by atoms with Gasteiger partial charge in [-0.15, -0.1) is 0 Å². The molecule has 1 rings (SSSR count). The molecule has 4 N–H and O–H groups in total. The first-order chi connectivity index (χ1) is 4.54. The molecule has 1 aliphatic heterocycles. The lowest BCUT2D eigenvalue weighted by molar-refractivity contribution is 0.268. The molecule has 0 amide bonds. The number of hydrogen-bond acceptors (Lipinski definition) is 4. The summed E-state index contributed by atoms with van der Waals surface area (Å²) in [6.07, 6.45) is 3.12. The third-order valence-electron chi connectivity index (χ3n) is 1.36. The SMILES string of the molecule is CN1C(N)=CC=NC1(N)Cl. The zero-order chi connectivity index (χ0) is 7.78. The fraction of sp³-hybridized carbons (Fsp3) is 0.400. The van der Waals surface area contributed by atoms with E-state index >= 15 is 0 Å². The van der Waals surface area contributed by atoms with Crippen LogP contribution in [0.1, 0.15) is 0 Å². The number of allylic oxidation sites excluding steroid dienone is 1. The first-order valence-corrected chi connectivity index (χ1v) is 3.14. The molecule has 0 aromatic rings. The van der Waals surface area contributed by atoms with Gasteiger partial charge in [0.05, 0.1) is 0 Å². The molecular weight excluding hydrogens is 152 g/mol. The van der Waals surface area contributed by atoms with Gasteiger partial charge < -0.3 is 10.6 Å². The Morgan fingerprint density at radius 3 is 2.80 bits per heavy atom. The number of alkyl halides is 1. The van der Waals surface area contributed by atoms with Crippen molar-refractivity contribution >= 4 is 17.8 Å². The van der Waals surface area contributed by atoms with E-state index in [1.165, 1.54) is 11.1 Å². The maximum Gasteiger partial charge on any atom is 0.265 e. The maximum atomic E-state index is 5.70. The number of aliphatic imine (C=N–C) groups is 1. The molecule has 0 saturated heterocycles. The van der Waals surface area contributed by atoms with Crippen molar-refractivity contribution in [1.29, 1.82) is 0 Å². The third kappa shape index (κ3) is 1.08. The number of nitrogens with zero attached hydrogens (tertiary/aromatic N) is 2. The van der Waals surface area contributed by atoms with Gasteiger partial charge in [0.15, 0.2) is 0 Å². The summed E-state index contributed by atoms with van der Waals surface area (Å²) >= 11 is 5.70. The van der Waals surface area contributed by atoms with Crippen molar-refractivity contribution in [1.82, 2.24) is 4.90 Å². The highest BCUT2D eigenvalue weighted by Crippen LogP contribution is 2.18. The van der Waals surface area contributed by atoms with Crippen molar-refractivity contribution in [3.05, 3.63) is 11.9 Å². The standard InChI is InChI=1S/C5H9ClN4/c1-10-4(7)2-3-9-5(10,6)8/h2-3H,7-8H2,1H3. The van der Waals surface area contributed by atoms with Crippen LogP contribution in [0.15, 0.2) is 16.9 Å². The molecule has 0 radical (unpaired) electrons. The molecule has 0 spiro atoms. The Balaban J connectivity index is 2.89. The van der Waals surface area contributed by atoms with E-state index in [0.717, 1.165) is 0 Å². The smallest absolute Gasteiger partial charge is 0.265 e. The Morgan fingerprint density at radius 1 is 1.80 bits per heavy atom. The van der Waals surface area contributed by atoms with Crippen LogP contribution in [0.5, 0.6) is 0 Å². The van der Waals surface area contributed by atoms with Crippen molar-refractivity contribution in [3.8, 4) is 0 Å². The zero-order valence-electron chi connectivity index (χ0n) is 5.58. The first kappa shape index (κ1) is 7.37. The summed E-state index contributed by atoms with van der Waals surface area (Å²) < 4.78 is 0. The molecule has 5 heteroatoms. The van der Waals surface area contributed by atoms with Crippen molar-refractivity contribution in [2.45, 2.75) is 5.25 Å². The predicted octanol–water partition coefficient (Wildman–Crippen LogP) is -0.389. The van der Waals surface area contributed by atoms with Gasteiger partial charge in [0.2, 0.25) is 0 Å². The molecule has 1 heterocycles. The Morgan fingerprint density at radius 2 is 2.40 bits per heavy atom. The highest BCUT2D eigenvalue weighted by Gasteiger charge is 2.27. The minimum atomic E-state index is -1.21. The van der Waals surface area contributed by atoms with E-state index in [0.29, 0.717) is 5.82 Å². The van der Waals surface area contributed by atoms with Gasteiger partial charge in [0.1, 0.15) is 5.82 Å². The largest absolute Gasteiger partial charge is 0.385 e. The molecule has 10 heavy (non-hydrogen) atoms. The lowest BCUT2D eigenvalue weighted by Crippen LogP contribution is -2.50. The van der Waals surface area contributed by atoms with Crippen molar-refractivity contribution < 1.29 is 0 Å². The number of halogens is 1. The van der Waals surface area contributed by atoms with Crippen molar-refractivity contribution in [2.24, 2.45) is 16.5 Å². The molecular formula is C5H9ClN4. The van der Waals surface area contributed by atoms with E-state index in [2.05, 4.69) is 4.99 Å². The van der Waals surface area contributed by atoms with E-state index in [-0.39, 0.29) is 0 Å². The molecule has 0 fully saturated rings. The van der Waals surface area contributed by atoms with Gasteiger partial charge in [-0.05, 0) is 6.08 Å². The maximum absolute atomic E-state index is 5.70. The van der Waals surface area contributed by atoms with Crippen LogP contribution in [-0.4, -0.2) is 23.4 Å². The van der Waals surface area contributed by atoms with Gasteiger partial charge in [-0.3, -0.25) is 5.73 Å². The number of rotatable bonds is 0. The average molecular weight is 161 g/mol. The summed E-state index contributed by atoms with van der Waals surface area (Å²) in [5.74, 6) is 0.507. The Bertz CT molecular complexity index is 196. The third-order valence-corrected chi connectivity index (χ3v) is 1.71. The summed E-state index contributed by atoms with van der Waals surface area (Å²) in [6.45, 7) is 0.